The molecule has 2 heterocycles. The number of nitrogens with zero attached hydrogens (tertiary/aromatic N) is 1. The van der Waals surface area contributed by atoms with Crippen LogP contribution in [0, 0.1) is 13.8 Å². The van der Waals surface area contributed by atoms with Crippen molar-refractivity contribution in [3.8, 4) is 5.75 Å². The predicted molar refractivity (Wildman–Crippen MR) is 97.3 cm³/mol. The zero-order valence-corrected chi connectivity index (χ0v) is 15.4. The molecule has 1 aromatic heterocycles. The van der Waals surface area contributed by atoms with Crippen molar-refractivity contribution >= 4 is 11.8 Å². The molecule has 1 N–H and O–H groups in total. The smallest absolute Gasteiger partial charge is 0.287 e. The lowest BCUT2D eigenvalue weighted by Gasteiger charge is -2.17. The zero-order valence-electron chi connectivity index (χ0n) is 15.4. The minimum absolute atomic E-state index is 0.0659. The van der Waals surface area contributed by atoms with Gasteiger partial charge in [-0.05, 0) is 44.0 Å². The number of rotatable bonds is 6. The fourth-order valence-corrected chi connectivity index (χ4v) is 3.26. The quantitative estimate of drug-likeness (QED) is 0.863. The van der Waals surface area contributed by atoms with E-state index in [1.807, 2.05) is 44.2 Å². The van der Waals surface area contributed by atoms with Gasteiger partial charge in [-0.25, -0.2) is 0 Å². The Labute approximate surface area is 153 Å². The van der Waals surface area contributed by atoms with E-state index in [-0.39, 0.29) is 17.9 Å². The first kappa shape index (κ1) is 18.0. The molecular weight excluding hydrogens is 332 g/mol. The Bertz CT molecular complexity index is 795. The lowest BCUT2D eigenvalue weighted by molar-refractivity contribution is -0.127. The molecule has 1 aliphatic heterocycles. The summed E-state index contributed by atoms with van der Waals surface area (Å²) in [6.07, 6.45) is 1.10. The third-order valence-corrected chi connectivity index (χ3v) is 4.63. The Kier molecular flexibility index (Phi) is 5.30. The van der Waals surface area contributed by atoms with Crippen LogP contribution in [0.2, 0.25) is 0 Å². The van der Waals surface area contributed by atoms with Crippen molar-refractivity contribution < 1.29 is 18.7 Å². The normalized spacial score (nSPS) is 16.8. The van der Waals surface area contributed by atoms with Crippen molar-refractivity contribution in [2.24, 2.45) is 0 Å². The first-order chi connectivity index (χ1) is 12.5. The summed E-state index contributed by atoms with van der Waals surface area (Å²) in [6.45, 7) is 4.81. The monoisotopic (exact) mass is 356 g/mol. The summed E-state index contributed by atoms with van der Waals surface area (Å²) < 4.78 is 10.6. The van der Waals surface area contributed by atoms with E-state index in [0.717, 1.165) is 23.3 Å². The summed E-state index contributed by atoms with van der Waals surface area (Å²) in [6, 6.07) is 9.48. The van der Waals surface area contributed by atoms with E-state index in [2.05, 4.69) is 5.32 Å². The summed E-state index contributed by atoms with van der Waals surface area (Å²) in [7, 11) is 1.64. The van der Waals surface area contributed by atoms with Gasteiger partial charge in [0, 0.05) is 25.1 Å². The molecule has 0 saturated carbocycles. The second-order valence-corrected chi connectivity index (χ2v) is 6.68. The number of furan rings is 1. The number of aryl methyl sites for hydroxylation is 2. The fourth-order valence-electron chi connectivity index (χ4n) is 3.26. The maximum Gasteiger partial charge on any atom is 0.287 e. The van der Waals surface area contributed by atoms with Crippen LogP contribution in [-0.2, 0) is 11.2 Å². The van der Waals surface area contributed by atoms with Gasteiger partial charge in [0.05, 0.1) is 13.2 Å². The summed E-state index contributed by atoms with van der Waals surface area (Å²) in [5.41, 5.74) is 1.95. The molecule has 1 fully saturated rings. The van der Waals surface area contributed by atoms with Gasteiger partial charge in [-0.1, -0.05) is 12.1 Å². The van der Waals surface area contributed by atoms with Gasteiger partial charge < -0.3 is 19.4 Å². The van der Waals surface area contributed by atoms with Crippen LogP contribution in [0.5, 0.6) is 5.75 Å². The van der Waals surface area contributed by atoms with E-state index in [1.165, 1.54) is 0 Å². The molecule has 1 aromatic carbocycles. The number of amides is 2. The van der Waals surface area contributed by atoms with Crippen molar-refractivity contribution in [2.75, 3.05) is 20.2 Å². The molecule has 1 aliphatic rings. The van der Waals surface area contributed by atoms with E-state index >= 15 is 0 Å². The lowest BCUT2D eigenvalue weighted by atomic mass is 10.1. The molecule has 0 spiro atoms. The Morgan fingerprint density at radius 1 is 1.31 bits per heavy atom. The van der Waals surface area contributed by atoms with E-state index in [0.29, 0.717) is 31.0 Å². The molecule has 2 amide bonds. The van der Waals surface area contributed by atoms with Crippen LogP contribution in [0.1, 0.15) is 33.9 Å². The van der Waals surface area contributed by atoms with Crippen molar-refractivity contribution in [3.63, 3.8) is 0 Å². The molecular formula is C20H24N2O4. The number of likely N-dealkylation sites (tertiary alicyclic amines) is 1. The minimum Gasteiger partial charge on any atom is -0.497 e. The highest BCUT2D eigenvalue weighted by molar-refractivity contribution is 5.93. The van der Waals surface area contributed by atoms with Crippen LogP contribution >= 0.6 is 0 Å². The third-order valence-electron chi connectivity index (χ3n) is 4.63. The number of carbonyl (C=O) groups excluding carboxylic acids is 2. The van der Waals surface area contributed by atoms with E-state index < -0.39 is 0 Å². The Balaban J connectivity index is 1.53. The average Bonchev–Trinajstić information content (AvgIpc) is 3.14. The van der Waals surface area contributed by atoms with Crippen molar-refractivity contribution in [2.45, 2.75) is 32.7 Å². The van der Waals surface area contributed by atoms with E-state index in [1.54, 1.807) is 12.0 Å². The van der Waals surface area contributed by atoms with Gasteiger partial charge in [0.1, 0.15) is 11.5 Å². The largest absolute Gasteiger partial charge is 0.497 e. The number of hydrogen-bond donors (Lipinski definition) is 1. The highest BCUT2D eigenvalue weighted by atomic mass is 16.5. The van der Waals surface area contributed by atoms with Gasteiger partial charge in [-0.3, -0.25) is 9.59 Å². The molecule has 1 saturated heterocycles. The molecule has 6 nitrogen and oxygen atoms in total. The van der Waals surface area contributed by atoms with Crippen LogP contribution in [0.25, 0.3) is 0 Å². The predicted octanol–water partition coefficient (Wildman–Crippen LogP) is 2.48. The van der Waals surface area contributed by atoms with Gasteiger partial charge in [0.25, 0.3) is 5.91 Å². The molecule has 26 heavy (non-hydrogen) atoms. The van der Waals surface area contributed by atoms with Gasteiger partial charge >= 0.3 is 0 Å². The zero-order chi connectivity index (χ0) is 18.7. The number of benzene rings is 1. The van der Waals surface area contributed by atoms with Gasteiger partial charge in [0.15, 0.2) is 5.76 Å². The molecule has 2 aromatic rings. The Morgan fingerprint density at radius 3 is 2.65 bits per heavy atom. The van der Waals surface area contributed by atoms with Gasteiger partial charge in [-0.2, -0.15) is 0 Å². The lowest BCUT2D eigenvalue weighted by Crippen LogP contribution is -2.37. The summed E-state index contributed by atoms with van der Waals surface area (Å²) in [4.78, 5) is 26.4. The highest BCUT2D eigenvalue weighted by Crippen LogP contribution is 2.17. The molecule has 138 valence electrons. The SMILES string of the molecule is COc1ccc(CCN2CC(NC(=O)c3oc(C)cc3C)CC2=O)cc1. The minimum atomic E-state index is -0.259. The van der Waals surface area contributed by atoms with Crippen LogP contribution in [0.15, 0.2) is 34.7 Å². The summed E-state index contributed by atoms with van der Waals surface area (Å²) >= 11 is 0. The molecule has 0 bridgehead atoms. The Morgan fingerprint density at radius 2 is 2.04 bits per heavy atom. The van der Waals surface area contributed by atoms with Crippen molar-refractivity contribution in [3.05, 3.63) is 53.0 Å². The van der Waals surface area contributed by atoms with E-state index in [4.69, 9.17) is 9.15 Å². The Hall–Kier alpha value is -2.76. The number of nitrogens with one attached hydrogen (secondary N) is 1. The molecule has 0 aliphatic carbocycles. The summed E-state index contributed by atoms with van der Waals surface area (Å²) in [5.74, 6) is 1.65. The second-order valence-electron chi connectivity index (χ2n) is 6.68. The van der Waals surface area contributed by atoms with Crippen LogP contribution in [-0.4, -0.2) is 43.0 Å². The topological polar surface area (TPSA) is 71.8 Å². The number of hydrogen-bond acceptors (Lipinski definition) is 4. The van der Waals surface area contributed by atoms with Gasteiger partial charge in [0.2, 0.25) is 5.91 Å². The average molecular weight is 356 g/mol. The van der Waals surface area contributed by atoms with Crippen molar-refractivity contribution in [1.29, 1.82) is 0 Å². The highest BCUT2D eigenvalue weighted by Gasteiger charge is 2.31. The number of carbonyl (C=O) groups is 2. The van der Waals surface area contributed by atoms with Crippen LogP contribution in [0.4, 0.5) is 0 Å². The number of ether oxygens (including phenoxy) is 1. The van der Waals surface area contributed by atoms with E-state index in [9.17, 15) is 9.59 Å². The summed E-state index contributed by atoms with van der Waals surface area (Å²) in [5, 5.41) is 2.91. The second kappa shape index (κ2) is 7.64. The maximum absolute atomic E-state index is 12.3. The molecule has 0 radical (unpaired) electrons. The van der Waals surface area contributed by atoms with Crippen LogP contribution < -0.4 is 10.1 Å². The molecule has 1 atom stereocenters. The molecule has 6 heteroatoms. The van der Waals surface area contributed by atoms with Crippen molar-refractivity contribution in [1.82, 2.24) is 10.2 Å². The molecule has 1 unspecified atom stereocenters. The fraction of sp³-hybridized carbons (Fsp3) is 0.400. The van der Waals surface area contributed by atoms with Gasteiger partial charge in [-0.15, -0.1) is 0 Å². The first-order valence-corrected chi connectivity index (χ1v) is 8.75. The standard InChI is InChI=1S/C20H24N2O4/c1-13-10-14(2)26-19(13)20(24)21-16-11-18(23)22(12-16)9-8-15-4-6-17(25-3)7-5-15/h4-7,10,16H,8-9,11-12H2,1-3H3,(H,21,24). The first-order valence-electron chi connectivity index (χ1n) is 8.75. The molecule has 3 rings (SSSR count). The maximum atomic E-state index is 12.3. The number of methoxy groups -OCH3 is 1. The van der Waals surface area contributed by atoms with Crippen LogP contribution in [0.3, 0.4) is 0 Å². The third kappa shape index (κ3) is 4.07.